The van der Waals surface area contributed by atoms with E-state index in [0.717, 1.165) is 31.2 Å². The lowest BCUT2D eigenvalue weighted by Gasteiger charge is -2.35. The lowest BCUT2D eigenvalue weighted by Crippen LogP contribution is -2.36. The molecule has 1 saturated carbocycles. The number of amides is 2. The van der Waals surface area contributed by atoms with E-state index in [0.29, 0.717) is 30.8 Å². The molecule has 0 aliphatic heterocycles. The van der Waals surface area contributed by atoms with E-state index in [-0.39, 0.29) is 42.0 Å². The first-order valence-electron chi connectivity index (χ1n) is 9.88. The van der Waals surface area contributed by atoms with Crippen molar-refractivity contribution in [2.45, 2.75) is 45.1 Å². The van der Waals surface area contributed by atoms with Gasteiger partial charge in [-0.3, -0.25) is 14.6 Å². The number of nitrogens with one attached hydrogen (secondary N) is 2. The van der Waals surface area contributed by atoms with Crippen LogP contribution in [-0.2, 0) is 11.3 Å². The van der Waals surface area contributed by atoms with Gasteiger partial charge in [0.05, 0.1) is 11.3 Å². The van der Waals surface area contributed by atoms with Gasteiger partial charge >= 0.3 is 0 Å². The monoisotopic (exact) mass is 452 g/mol. The van der Waals surface area contributed by atoms with Crippen LogP contribution in [-0.4, -0.2) is 23.3 Å². The molecule has 8 heteroatoms. The highest BCUT2D eigenvalue weighted by molar-refractivity contribution is 6.03. The summed E-state index contributed by atoms with van der Waals surface area (Å²) >= 11 is 0. The molecule has 30 heavy (non-hydrogen) atoms. The summed E-state index contributed by atoms with van der Waals surface area (Å²) in [6.07, 6.45) is 9.24. The van der Waals surface area contributed by atoms with Crippen molar-refractivity contribution in [2.75, 3.05) is 11.9 Å². The second-order valence-corrected chi connectivity index (χ2v) is 7.58. The number of carbonyl (C=O) groups excluding carboxylic acids is 2. The third-order valence-corrected chi connectivity index (χ3v) is 5.50. The minimum atomic E-state index is -0.231. The van der Waals surface area contributed by atoms with Gasteiger partial charge in [-0.05, 0) is 48.6 Å². The predicted molar refractivity (Wildman–Crippen MR) is 124 cm³/mol. The van der Waals surface area contributed by atoms with Crippen LogP contribution >= 0.6 is 24.8 Å². The van der Waals surface area contributed by atoms with Crippen LogP contribution in [0.15, 0.2) is 48.8 Å². The molecule has 1 aliphatic rings. The summed E-state index contributed by atoms with van der Waals surface area (Å²) in [5, 5.41) is 5.81. The molecule has 0 spiro atoms. The number of carbonyl (C=O) groups is 2. The molecule has 2 amide bonds. The first kappa shape index (κ1) is 25.9. The second kappa shape index (κ2) is 12.5. The molecule has 3 rings (SSSR count). The van der Waals surface area contributed by atoms with E-state index in [1.165, 1.54) is 6.42 Å². The minimum absolute atomic E-state index is 0. The number of nitrogens with zero attached hydrogens (tertiary/aromatic N) is 1. The quantitative estimate of drug-likeness (QED) is 0.588. The molecule has 1 aromatic carbocycles. The molecule has 1 aliphatic carbocycles. The van der Waals surface area contributed by atoms with Gasteiger partial charge in [-0.1, -0.05) is 37.5 Å². The Hall–Kier alpha value is -2.15. The Morgan fingerprint density at radius 2 is 1.77 bits per heavy atom. The molecule has 1 aromatic heterocycles. The molecular weight excluding hydrogens is 423 g/mol. The Morgan fingerprint density at radius 3 is 2.43 bits per heavy atom. The standard InChI is InChI=1S/C22H28N4O2.2ClH/c23-16-22(10-4-1-5-11-22)13-20(27)26-19-9-3-2-8-18(19)21(28)25-15-17-7-6-12-24-14-17;;/h2-3,6-9,12,14H,1,4-5,10-11,13,15-16,23H2,(H,25,28)(H,26,27);2*1H. The zero-order chi connectivity index (χ0) is 19.8. The van der Waals surface area contributed by atoms with Crippen LogP contribution in [0.3, 0.4) is 0 Å². The van der Waals surface area contributed by atoms with Gasteiger partial charge in [0.25, 0.3) is 5.91 Å². The van der Waals surface area contributed by atoms with Gasteiger partial charge in [-0.15, -0.1) is 24.8 Å². The van der Waals surface area contributed by atoms with Gasteiger partial charge in [0.1, 0.15) is 0 Å². The number of halogens is 2. The fourth-order valence-electron chi connectivity index (χ4n) is 3.86. The Kier molecular flexibility index (Phi) is 10.8. The largest absolute Gasteiger partial charge is 0.348 e. The summed E-state index contributed by atoms with van der Waals surface area (Å²) in [5.41, 5.74) is 7.78. The van der Waals surface area contributed by atoms with Gasteiger partial charge in [0, 0.05) is 25.4 Å². The zero-order valence-corrected chi connectivity index (χ0v) is 18.6. The predicted octanol–water partition coefficient (Wildman–Crippen LogP) is 4.09. The lowest BCUT2D eigenvalue weighted by molar-refractivity contribution is -0.118. The van der Waals surface area contributed by atoms with Crippen LogP contribution in [0, 0.1) is 5.41 Å². The number of anilines is 1. The highest BCUT2D eigenvalue weighted by atomic mass is 35.5. The molecule has 0 unspecified atom stereocenters. The van der Waals surface area contributed by atoms with Crippen LogP contribution in [0.2, 0.25) is 0 Å². The maximum Gasteiger partial charge on any atom is 0.253 e. The Morgan fingerprint density at radius 1 is 1.03 bits per heavy atom. The zero-order valence-electron chi connectivity index (χ0n) is 16.9. The van der Waals surface area contributed by atoms with E-state index < -0.39 is 0 Å². The summed E-state index contributed by atoms with van der Waals surface area (Å²) in [7, 11) is 0. The van der Waals surface area contributed by atoms with Gasteiger partial charge in [-0.2, -0.15) is 0 Å². The smallest absolute Gasteiger partial charge is 0.253 e. The SMILES string of the molecule is Cl.Cl.NCC1(CC(=O)Nc2ccccc2C(=O)NCc2cccnc2)CCCCC1. The number of aromatic nitrogens is 1. The molecule has 0 atom stereocenters. The van der Waals surface area contributed by atoms with Crippen molar-refractivity contribution in [1.29, 1.82) is 0 Å². The highest BCUT2D eigenvalue weighted by Crippen LogP contribution is 2.38. The maximum absolute atomic E-state index is 12.7. The van der Waals surface area contributed by atoms with E-state index in [4.69, 9.17) is 5.73 Å². The summed E-state index contributed by atoms with van der Waals surface area (Å²) in [6.45, 7) is 0.902. The molecule has 0 saturated heterocycles. The Labute approximate surface area is 190 Å². The number of rotatable bonds is 7. The van der Waals surface area contributed by atoms with Crippen LogP contribution in [0.1, 0.15) is 54.4 Å². The van der Waals surface area contributed by atoms with Crippen molar-refractivity contribution in [1.82, 2.24) is 10.3 Å². The Bertz CT molecular complexity index is 812. The average Bonchev–Trinajstić information content (AvgIpc) is 2.73. The van der Waals surface area contributed by atoms with E-state index in [1.807, 2.05) is 18.2 Å². The number of hydrogen-bond donors (Lipinski definition) is 3. The lowest BCUT2D eigenvalue weighted by atomic mass is 9.71. The third kappa shape index (κ3) is 6.97. The normalized spacial score (nSPS) is 14.6. The Balaban J connectivity index is 0.00000225. The molecule has 2 aromatic rings. The summed E-state index contributed by atoms with van der Waals surface area (Å²) in [6, 6.07) is 10.8. The molecule has 0 radical (unpaired) electrons. The van der Waals surface area contributed by atoms with Crippen molar-refractivity contribution in [3.63, 3.8) is 0 Å². The van der Waals surface area contributed by atoms with Crippen LogP contribution in [0.4, 0.5) is 5.69 Å². The number of para-hydroxylation sites is 1. The van der Waals surface area contributed by atoms with Crippen molar-refractivity contribution in [3.05, 3.63) is 59.9 Å². The van der Waals surface area contributed by atoms with Gasteiger partial charge in [0.2, 0.25) is 5.91 Å². The van der Waals surface area contributed by atoms with E-state index in [9.17, 15) is 9.59 Å². The molecule has 1 heterocycles. The minimum Gasteiger partial charge on any atom is -0.348 e. The van der Waals surface area contributed by atoms with Crippen LogP contribution in [0.5, 0.6) is 0 Å². The summed E-state index contributed by atoms with van der Waals surface area (Å²) in [4.78, 5) is 29.4. The van der Waals surface area contributed by atoms with E-state index >= 15 is 0 Å². The van der Waals surface area contributed by atoms with E-state index in [1.54, 1.807) is 30.6 Å². The van der Waals surface area contributed by atoms with Crippen molar-refractivity contribution in [3.8, 4) is 0 Å². The fourth-order valence-corrected chi connectivity index (χ4v) is 3.86. The van der Waals surface area contributed by atoms with Gasteiger partial charge in [-0.25, -0.2) is 0 Å². The molecule has 4 N–H and O–H groups in total. The topological polar surface area (TPSA) is 97.1 Å². The molecule has 6 nitrogen and oxygen atoms in total. The molecule has 0 bridgehead atoms. The number of hydrogen-bond acceptors (Lipinski definition) is 4. The van der Waals surface area contributed by atoms with Gasteiger partial charge in [0.15, 0.2) is 0 Å². The second-order valence-electron chi connectivity index (χ2n) is 7.58. The van der Waals surface area contributed by atoms with Crippen molar-refractivity contribution < 1.29 is 9.59 Å². The average molecular weight is 453 g/mol. The molecule has 1 fully saturated rings. The van der Waals surface area contributed by atoms with Crippen LogP contribution in [0.25, 0.3) is 0 Å². The van der Waals surface area contributed by atoms with Gasteiger partial charge < -0.3 is 16.4 Å². The van der Waals surface area contributed by atoms with Crippen LogP contribution < -0.4 is 16.4 Å². The molecular formula is C22H30Cl2N4O2. The fraction of sp³-hybridized carbons (Fsp3) is 0.409. The maximum atomic E-state index is 12.7. The summed E-state index contributed by atoms with van der Waals surface area (Å²) < 4.78 is 0. The van der Waals surface area contributed by atoms with E-state index in [2.05, 4.69) is 15.6 Å². The van der Waals surface area contributed by atoms with Crippen molar-refractivity contribution >= 4 is 42.3 Å². The number of nitrogens with two attached hydrogens (primary N) is 1. The highest BCUT2D eigenvalue weighted by Gasteiger charge is 2.33. The van der Waals surface area contributed by atoms with Crippen molar-refractivity contribution in [2.24, 2.45) is 11.1 Å². The number of pyridine rings is 1. The molecule has 164 valence electrons. The number of benzene rings is 1. The first-order chi connectivity index (χ1) is 13.6. The third-order valence-electron chi connectivity index (χ3n) is 5.50. The summed E-state index contributed by atoms with van der Waals surface area (Å²) in [5.74, 6) is -0.314. The first-order valence-corrected chi connectivity index (χ1v) is 9.88.